The number of nitrogens with two attached hydrogens (primary N) is 1. The Morgan fingerprint density at radius 2 is 1.63 bits per heavy atom. The number of amides is 1. The minimum absolute atomic E-state index is 0.403. The van der Waals surface area contributed by atoms with E-state index in [0.29, 0.717) is 0 Å². The van der Waals surface area contributed by atoms with Crippen LogP contribution in [-0.4, -0.2) is 5.91 Å². The van der Waals surface area contributed by atoms with Gasteiger partial charge in [-0.05, 0) is 31.5 Å². The van der Waals surface area contributed by atoms with Crippen molar-refractivity contribution in [3.63, 3.8) is 0 Å². The van der Waals surface area contributed by atoms with Gasteiger partial charge in [-0.1, -0.05) is 48.0 Å². The molecule has 3 heteroatoms. The van der Waals surface area contributed by atoms with Crippen LogP contribution in [0.25, 0.3) is 0 Å². The average molecular weight is 254 g/mol. The maximum atomic E-state index is 11.9. The summed E-state index contributed by atoms with van der Waals surface area (Å²) in [6.07, 6.45) is 0. The number of aryl methyl sites for hydroxylation is 1. The molecule has 2 aromatic rings. The summed E-state index contributed by atoms with van der Waals surface area (Å²) in [4.78, 5) is 11.9. The summed E-state index contributed by atoms with van der Waals surface area (Å²) in [5, 5.41) is 3.22. The van der Waals surface area contributed by atoms with Crippen LogP contribution in [0.5, 0.6) is 0 Å². The van der Waals surface area contributed by atoms with E-state index in [1.54, 1.807) is 6.92 Å². The highest BCUT2D eigenvalue weighted by Crippen LogP contribution is 2.26. The highest BCUT2D eigenvalue weighted by molar-refractivity contribution is 5.88. The summed E-state index contributed by atoms with van der Waals surface area (Å²) >= 11 is 0. The van der Waals surface area contributed by atoms with Gasteiger partial charge in [0.25, 0.3) is 0 Å². The van der Waals surface area contributed by atoms with Crippen LogP contribution in [0.3, 0.4) is 0 Å². The lowest BCUT2D eigenvalue weighted by Gasteiger charge is -2.29. The molecule has 2 aromatic carbocycles. The van der Waals surface area contributed by atoms with Gasteiger partial charge in [0.2, 0.25) is 5.91 Å². The van der Waals surface area contributed by atoms with E-state index in [9.17, 15) is 4.79 Å². The normalized spacial score (nSPS) is 13.6. The van der Waals surface area contributed by atoms with Crippen LogP contribution in [0, 0.1) is 6.92 Å². The molecule has 1 unspecified atom stereocenters. The fourth-order valence-corrected chi connectivity index (χ4v) is 1.97. The molecule has 1 amide bonds. The summed E-state index contributed by atoms with van der Waals surface area (Å²) in [5.74, 6) is -0.403. The van der Waals surface area contributed by atoms with Crippen LogP contribution in [0.4, 0.5) is 5.69 Å². The number of primary amides is 1. The van der Waals surface area contributed by atoms with E-state index in [4.69, 9.17) is 5.73 Å². The van der Waals surface area contributed by atoms with Crippen molar-refractivity contribution >= 4 is 11.6 Å². The second-order valence-corrected chi connectivity index (χ2v) is 4.85. The zero-order valence-electron chi connectivity index (χ0n) is 11.2. The van der Waals surface area contributed by atoms with Crippen LogP contribution in [-0.2, 0) is 10.3 Å². The number of anilines is 1. The summed E-state index contributed by atoms with van der Waals surface area (Å²) in [5.41, 5.74) is 7.55. The number of carbonyl (C=O) groups is 1. The van der Waals surface area contributed by atoms with Gasteiger partial charge in [-0.2, -0.15) is 0 Å². The number of benzene rings is 2. The van der Waals surface area contributed by atoms with E-state index in [2.05, 4.69) is 5.32 Å². The SMILES string of the molecule is Cc1ccc(NC(C)(C(N)=O)c2ccccc2)cc1. The molecule has 19 heavy (non-hydrogen) atoms. The Morgan fingerprint density at radius 3 is 2.16 bits per heavy atom. The Labute approximate surface area is 113 Å². The van der Waals surface area contributed by atoms with Crippen molar-refractivity contribution in [2.75, 3.05) is 5.32 Å². The lowest BCUT2D eigenvalue weighted by Crippen LogP contribution is -2.45. The summed E-state index contributed by atoms with van der Waals surface area (Å²) in [6.45, 7) is 3.82. The maximum Gasteiger partial charge on any atom is 0.247 e. The average Bonchev–Trinajstić information content (AvgIpc) is 2.42. The zero-order chi connectivity index (χ0) is 13.9. The molecule has 3 nitrogen and oxygen atoms in total. The minimum atomic E-state index is -0.920. The van der Waals surface area contributed by atoms with E-state index in [1.807, 2.05) is 61.5 Å². The van der Waals surface area contributed by atoms with Crippen molar-refractivity contribution in [1.82, 2.24) is 0 Å². The third kappa shape index (κ3) is 2.76. The zero-order valence-corrected chi connectivity index (χ0v) is 11.2. The van der Waals surface area contributed by atoms with E-state index >= 15 is 0 Å². The van der Waals surface area contributed by atoms with Crippen LogP contribution in [0.2, 0.25) is 0 Å². The monoisotopic (exact) mass is 254 g/mol. The number of rotatable bonds is 4. The first-order chi connectivity index (χ1) is 9.02. The summed E-state index contributed by atoms with van der Waals surface area (Å²) in [6, 6.07) is 17.4. The van der Waals surface area contributed by atoms with Crippen molar-refractivity contribution in [3.05, 3.63) is 65.7 Å². The molecule has 0 aliphatic carbocycles. The molecule has 0 saturated carbocycles. The molecular formula is C16H18N2O. The van der Waals surface area contributed by atoms with Crippen LogP contribution in [0.1, 0.15) is 18.1 Å². The van der Waals surface area contributed by atoms with Crippen LogP contribution < -0.4 is 11.1 Å². The van der Waals surface area contributed by atoms with E-state index in [-0.39, 0.29) is 0 Å². The molecule has 0 spiro atoms. The molecule has 0 bridgehead atoms. The topological polar surface area (TPSA) is 55.1 Å². The number of nitrogens with one attached hydrogen (secondary N) is 1. The molecule has 98 valence electrons. The fraction of sp³-hybridized carbons (Fsp3) is 0.188. The second kappa shape index (κ2) is 5.14. The molecule has 0 saturated heterocycles. The van der Waals surface area contributed by atoms with Gasteiger partial charge in [0.05, 0.1) is 0 Å². The summed E-state index contributed by atoms with van der Waals surface area (Å²) in [7, 11) is 0. The molecule has 0 aliphatic rings. The Morgan fingerprint density at radius 1 is 1.05 bits per heavy atom. The number of hydrogen-bond acceptors (Lipinski definition) is 2. The Kier molecular flexibility index (Phi) is 3.56. The van der Waals surface area contributed by atoms with E-state index in [0.717, 1.165) is 11.3 Å². The van der Waals surface area contributed by atoms with Crippen LogP contribution >= 0.6 is 0 Å². The first-order valence-corrected chi connectivity index (χ1v) is 6.22. The third-order valence-electron chi connectivity index (χ3n) is 3.29. The Bertz CT molecular complexity index is 563. The fourth-order valence-electron chi connectivity index (χ4n) is 1.97. The highest BCUT2D eigenvalue weighted by Gasteiger charge is 2.32. The molecule has 1 atom stereocenters. The van der Waals surface area contributed by atoms with Gasteiger partial charge in [-0.25, -0.2) is 0 Å². The van der Waals surface area contributed by atoms with Crippen molar-refractivity contribution in [3.8, 4) is 0 Å². The lowest BCUT2D eigenvalue weighted by molar-refractivity contribution is -0.122. The highest BCUT2D eigenvalue weighted by atomic mass is 16.1. The lowest BCUT2D eigenvalue weighted by atomic mass is 9.91. The third-order valence-corrected chi connectivity index (χ3v) is 3.29. The van der Waals surface area contributed by atoms with Gasteiger partial charge in [-0.15, -0.1) is 0 Å². The van der Waals surface area contributed by atoms with Crippen molar-refractivity contribution in [2.45, 2.75) is 19.4 Å². The Hall–Kier alpha value is -2.29. The molecule has 3 N–H and O–H groups in total. The van der Waals surface area contributed by atoms with Gasteiger partial charge in [0, 0.05) is 5.69 Å². The van der Waals surface area contributed by atoms with Gasteiger partial charge < -0.3 is 11.1 Å². The van der Waals surface area contributed by atoms with Gasteiger partial charge >= 0.3 is 0 Å². The molecule has 0 aromatic heterocycles. The predicted molar refractivity (Wildman–Crippen MR) is 77.8 cm³/mol. The van der Waals surface area contributed by atoms with Gasteiger partial charge in [-0.3, -0.25) is 4.79 Å². The maximum absolute atomic E-state index is 11.9. The molecule has 0 aliphatic heterocycles. The van der Waals surface area contributed by atoms with Gasteiger partial charge in [0.1, 0.15) is 5.54 Å². The van der Waals surface area contributed by atoms with Crippen molar-refractivity contribution in [1.29, 1.82) is 0 Å². The minimum Gasteiger partial charge on any atom is -0.368 e. The van der Waals surface area contributed by atoms with E-state index < -0.39 is 11.4 Å². The summed E-state index contributed by atoms with van der Waals surface area (Å²) < 4.78 is 0. The Balaban J connectivity index is 2.36. The largest absolute Gasteiger partial charge is 0.368 e. The molecule has 0 fully saturated rings. The number of hydrogen-bond donors (Lipinski definition) is 2. The standard InChI is InChI=1S/C16H18N2O/c1-12-8-10-14(11-9-12)18-16(2,15(17)19)13-6-4-3-5-7-13/h3-11,18H,1-2H3,(H2,17,19). The quantitative estimate of drug-likeness (QED) is 0.881. The molecule has 0 radical (unpaired) electrons. The molecule has 0 heterocycles. The molecule has 2 rings (SSSR count). The number of carbonyl (C=O) groups excluding carboxylic acids is 1. The first kappa shape index (κ1) is 13.1. The van der Waals surface area contributed by atoms with Gasteiger partial charge in [0.15, 0.2) is 0 Å². The van der Waals surface area contributed by atoms with Crippen LogP contribution in [0.15, 0.2) is 54.6 Å². The van der Waals surface area contributed by atoms with Crippen molar-refractivity contribution < 1.29 is 4.79 Å². The van der Waals surface area contributed by atoms with Crippen molar-refractivity contribution in [2.24, 2.45) is 5.73 Å². The first-order valence-electron chi connectivity index (χ1n) is 6.22. The van der Waals surface area contributed by atoms with E-state index in [1.165, 1.54) is 5.56 Å². The smallest absolute Gasteiger partial charge is 0.247 e. The second-order valence-electron chi connectivity index (χ2n) is 4.85. The predicted octanol–water partition coefficient (Wildman–Crippen LogP) is 2.81. The molecular weight excluding hydrogens is 236 g/mol.